The van der Waals surface area contributed by atoms with Crippen molar-refractivity contribution in [1.82, 2.24) is 10.6 Å². The van der Waals surface area contributed by atoms with Gasteiger partial charge in [-0.25, -0.2) is 13.6 Å². The second-order valence-corrected chi connectivity index (χ2v) is 7.71. The smallest absolute Gasteiger partial charge is 0.387 e. The molecule has 2 aromatic carbocycles. The van der Waals surface area contributed by atoms with Gasteiger partial charge < -0.3 is 20.1 Å². The van der Waals surface area contributed by atoms with Gasteiger partial charge in [-0.1, -0.05) is 12.1 Å². The Morgan fingerprint density at radius 3 is 2.43 bits per heavy atom. The maximum atomic E-state index is 12.6. The van der Waals surface area contributed by atoms with Crippen LogP contribution >= 0.6 is 0 Å². The third kappa shape index (κ3) is 7.16. The summed E-state index contributed by atoms with van der Waals surface area (Å²) < 4.78 is 57.5. The molecule has 0 spiro atoms. The van der Waals surface area contributed by atoms with Crippen molar-refractivity contribution in [3.8, 4) is 11.5 Å². The number of nitrogens with zero attached hydrogens (tertiary/aromatic N) is 1. The first-order chi connectivity index (χ1) is 14.2. The Balaban J connectivity index is 1.92. The Bertz CT molecular complexity index is 967. The van der Waals surface area contributed by atoms with Gasteiger partial charge in [-0.3, -0.25) is 4.99 Å². The lowest BCUT2D eigenvalue weighted by molar-refractivity contribution is -0.0505. The van der Waals surface area contributed by atoms with Crippen molar-refractivity contribution in [1.29, 1.82) is 0 Å². The summed E-state index contributed by atoms with van der Waals surface area (Å²) in [7, 11) is -0.654. The fourth-order valence-corrected chi connectivity index (χ4v) is 3.12. The number of nitrogens with two attached hydrogens (primary N) is 1. The van der Waals surface area contributed by atoms with E-state index < -0.39 is 16.6 Å². The summed E-state index contributed by atoms with van der Waals surface area (Å²) in [6.45, 7) is -2.25. The molecule has 0 saturated carbocycles. The zero-order valence-corrected chi connectivity index (χ0v) is 17.4. The molecule has 0 aliphatic heterocycles. The summed E-state index contributed by atoms with van der Waals surface area (Å²) in [4.78, 5) is 4.14. The van der Waals surface area contributed by atoms with Crippen LogP contribution in [0.15, 0.2) is 52.4 Å². The number of hydrogen-bond acceptors (Lipinski definition) is 5. The molecule has 2 rings (SSSR count). The lowest BCUT2D eigenvalue weighted by Crippen LogP contribution is -2.38. The van der Waals surface area contributed by atoms with Gasteiger partial charge in [0.25, 0.3) is 0 Å². The molecule has 0 bridgehead atoms. The average molecular weight is 442 g/mol. The van der Waals surface area contributed by atoms with Gasteiger partial charge in [0.05, 0.1) is 12.0 Å². The first kappa shape index (κ1) is 23.4. The number of primary sulfonamides is 1. The average Bonchev–Trinajstić information content (AvgIpc) is 2.70. The van der Waals surface area contributed by atoms with Gasteiger partial charge in [0.2, 0.25) is 10.0 Å². The largest absolute Gasteiger partial charge is 0.497 e. The number of hydrogen-bond donors (Lipinski definition) is 3. The molecule has 0 aliphatic rings. The Morgan fingerprint density at radius 1 is 1.17 bits per heavy atom. The number of benzene rings is 2. The van der Waals surface area contributed by atoms with Gasteiger partial charge in [0.15, 0.2) is 5.96 Å². The van der Waals surface area contributed by atoms with Crippen LogP contribution in [-0.4, -0.2) is 41.7 Å². The Labute approximate surface area is 174 Å². The van der Waals surface area contributed by atoms with Crippen molar-refractivity contribution in [2.45, 2.75) is 24.5 Å². The second kappa shape index (κ2) is 10.7. The standard InChI is InChI=1S/C19H24F2N4O4S/c1-23-19(24-10-9-13-3-6-16(7-4-13)30(22,26)27)25-12-14-11-15(28-2)5-8-17(14)29-18(20)21/h3-8,11,18H,9-10,12H2,1-2H3,(H2,22,26,27)(H2,23,24,25). The second-order valence-electron chi connectivity index (χ2n) is 6.14. The highest BCUT2D eigenvalue weighted by Crippen LogP contribution is 2.25. The van der Waals surface area contributed by atoms with E-state index in [1.165, 1.54) is 31.4 Å². The van der Waals surface area contributed by atoms with Crippen LogP contribution < -0.4 is 25.2 Å². The minimum absolute atomic E-state index is 0.0451. The van der Waals surface area contributed by atoms with E-state index in [1.807, 2.05) is 0 Å². The highest BCUT2D eigenvalue weighted by molar-refractivity contribution is 7.89. The molecule has 164 valence electrons. The zero-order chi connectivity index (χ0) is 22.1. The molecule has 8 nitrogen and oxygen atoms in total. The first-order valence-electron chi connectivity index (χ1n) is 8.91. The summed E-state index contributed by atoms with van der Waals surface area (Å²) in [6, 6.07) is 10.8. The van der Waals surface area contributed by atoms with E-state index in [1.54, 1.807) is 25.2 Å². The fraction of sp³-hybridized carbons (Fsp3) is 0.316. The molecule has 0 radical (unpaired) electrons. The van der Waals surface area contributed by atoms with Crippen LogP contribution in [0.2, 0.25) is 0 Å². The number of nitrogens with one attached hydrogen (secondary N) is 2. The maximum absolute atomic E-state index is 12.6. The normalized spacial score (nSPS) is 12.0. The lowest BCUT2D eigenvalue weighted by Gasteiger charge is -2.15. The van der Waals surface area contributed by atoms with Crippen molar-refractivity contribution in [3.63, 3.8) is 0 Å². The Kier molecular flexibility index (Phi) is 8.36. The molecule has 0 amide bonds. The first-order valence-corrected chi connectivity index (χ1v) is 10.5. The molecule has 0 saturated heterocycles. The van der Waals surface area contributed by atoms with E-state index in [9.17, 15) is 17.2 Å². The molecule has 11 heteroatoms. The highest BCUT2D eigenvalue weighted by atomic mass is 32.2. The maximum Gasteiger partial charge on any atom is 0.387 e. The van der Waals surface area contributed by atoms with Crippen molar-refractivity contribution in [3.05, 3.63) is 53.6 Å². The van der Waals surface area contributed by atoms with Crippen molar-refractivity contribution in [2.24, 2.45) is 10.1 Å². The summed E-state index contributed by atoms with van der Waals surface area (Å²) in [5.41, 5.74) is 1.39. The van der Waals surface area contributed by atoms with Crippen LogP contribution in [0.3, 0.4) is 0 Å². The summed E-state index contributed by atoms with van der Waals surface area (Å²) in [6.07, 6.45) is 0.602. The third-order valence-electron chi connectivity index (χ3n) is 4.11. The Morgan fingerprint density at radius 2 is 1.87 bits per heavy atom. The monoisotopic (exact) mass is 442 g/mol. The predicted octanol–water partition coefficient (Wildman–Crippen LogP) is 1.85. The van der Waals surface area contributed by atoms with Crippen LogP contribution in [0.1, 0.15) is 11.1 Å². The number of ether oxygens (including phenoxy) is 2. The van der Waals surface area contributed by atoms with Crippen LogP contribution in [-0.2, 0) is 23.0 Å². The van der Waals surface area contributed by atoms with E-state index in [2.05, 4.69) is 20.4 Å². The van der Waals surface area contributed by atoms with Crippen LogP contribution in [0.4, 0.5) is 8.78 Å². The minimum Gasteiger partial charge on any atom is -0.497 e. The molecular formula is C19H24F2N4O4S. The fourth-order valence-electron chi connectivity index (χ4n) is 2.60. The van der Waals surface area contributed by atoms with Gasteiger partial charge in [-0.15, -0.1) is 0 Å². The van der Waals surface area contributed by atoms with Gasteiger partial charge >= 0.3 is 6.61 Å². The predicted molar refractivity (Wildman–Crippen MR) is 109 cm³/mol. The molecule has 0 aliphatic carbocycles. The van der Waals surface area contributed by atoms with Crippen LogP contribution in [0.25, 0.3) is 0 Å². The van der Waals surface area contributed by atoms with E-state index in [0.29, 0.717) is 30.2 Å². The zero-order valence-electron chi connectivity index (χ0n) is 16.6. The van der Waals surface area contributed by atoms with E-state index >= 15 is 0 Å². The quantitative estimate of drug-likeness (QED) is 0.403. The van der Waals surface area contributed by atoms with Crippen molar-refractivity contribution in [2.75, 3.05) is 20.7 Å². The number of aliphatic imine (C=N–C) groups is 1. The third-order valence-corrected chi connectivity index (χ3v) is 5.04. The van der Waals surface area contributed by atoms with Crippen molar-refractivity contribution < 1.29 is 26.7 Å². The molecule has 0 fully saturated rings. The van der Waals surface area contributed by atoms with Crippen LogP contribution in [0, 0.1) is 0 Å². The Hall–Kier alpha value is -2.92. The minimum atomic E-state index is -3.72. The van der Waals surface area contributed by atoms with E-state index in [-0.39, 0.29) is 17.2 Å². The number of alkyl halides is 2. The SMILES string of the molecule is CN=C(NCCc1ccc(S(N)(=O)=O)cc1)NCc1cc(OC)ccc1OC(F)F. The number of rotatable bonds is 9. The number of guanidine groups is 1. The van der Waals surface area contributed by atoms with Gasteiger partial charge in [0, 0.05) is 25.7 Å². The van der Waals surface area contributed by atoms with Gasteiger partial charge in [0.1, 0.15) is 11.5 Å². The topological polar surface area (TPSA) is 115 Å². The summed E-state index contributed by atoms with van der Waals surface area (Å²) in [5.74, 6) is 1.02. The number of halogens is 2. The summed E-state index contributed by atoms with van der Waals surface area (Å²) >= 11 is 0. The van der Waals surface area contributed by atoms with E-state index in [0.717, 1.165) is 5.56 Å². The molecule has 0 aromatic heterocycles. The molecule has 2 aromatic rings. The van der Waals surface area contributed by atoms with Crippen LogP contribution in [0.5, 0.6) is 11.5 Å². The van der Waals surface area contributed by atoms with Gasteiger partial charge in [-0.2, -0.15) is 8.78 Å². The van der Waals surface area contributed by atoms with Gasteiger partial charge in [-0.05, 0) is 42.3 Å². The molecular weight excluding hydrogens is 418 g/mol. The van der Waals surface area contributed by atoms with Crippen molar-refractivity contribution >= 4 is 16.0 Å². The number of sulfonamides is 1. The number of methoxy groups -OCH3 is 1. The molecule has 0 unspecified atom stereocenters. The molecule has 0 heterocycles. The molecule has 0 atom stereocenters. The lowest BCUT2D eigenvalue weighted by atomic mass is 10.1. The summed E-state index contributed by atoms with van der Waals surface area (Å²) in [5, 5.41) is 11.2. The molecule has 30 heavy (non-hydrogen) atoms. The van der Waals surface area contributed by atoms with E-state index in [4.69, 9.17) is 9.88 Å². The molecule has 4 N–H and O–H groups in total. The highest BCUT2D eigenvalue weighted by Gasteiger charge is 2.12.